The molecule has 0 unspecified atom stereocenters. The van der Waals surface area contributed by atoms with Crippen LogP contribution in [0.1, 0.15) is 73.4 Å². The van der Waals surface area contributed by atoms with Crippen molar-refractivity contribution in [2.45, 2.75) is 78.7 Å². The van der Waals surface area contributed by atoms with E-state index in [9.17, 15) is 14.7 Å². The highest BCUT2D eigenvalue weighted by Gasteiger charge is 2.33. The smallest absolute Gasteiger partial charge is 0.434 e. The highest BCUT2D eigenvalue weighted by atomic mass is 79.9. The minimum Gasteiger partial charge on any atom is -0.463 e. The van der Waals surface area contributed by atoms with Crippen molar-refractivity contribution >= 4 is 45.0 Å². The summed E-state index contributed by atoms with van der Waals surface area (Å²) in [5.41, 5.74) is 2.32. The van der Waals surface area contributed by atoms with Crippen LogP contribution in [0.4, 0.5) is 15.4 Å². The van der Waals surface area contributed by atoms with E-state index in [1.54, 1.807) is 32.9 Å². The van der Waals surface area contributed by atoms with Gasteiger partial charge in [-0.2, -0.15) is 0 Å². The Labute approximate surface area is 239 Å². The second-order valence-corrected chi connectivity index (χ2v) is 13.2. The van der Waals surface area contributed by atoms with Crippen LogP contribution in [0, 0.1) is 0 Å². The Bertz CT molecular complexity index is 1620. The topological polar surface area (TPSA) is 158 Å². The average molecular weight is 615 g/mol. The number of ether oxygens (including phenoxy) is 1. The van der Waals surface area contributed by atoms with Crippen molar-refractivity contribution in [2.75, 3.05) is 5.32 Å². The first-order chi connectivity index (χ1) is 18.4. The van der Waals surface area contributed by atoms with Gasteiger partial charge < -0.3 is 14.4 Å². The molecule has 0 aliphatic rings. The lowest BCUT2D eigenvalue weighted by Crippen LogP contribution is -2.27. The van der Waals surface area contributed by atoms with Crippen molar-refractivity contribution < 1.29 is 24.0 Å². The van der Waals surface area contributed by atoms with Gasteiger partial charge in [-0.1, -0.05) is 51.9 Å². The maximum absolute atomic E-state index is 12.5. The van der Waals surface area contributed by atoms with Crippen molar-refractivity contribution in [1.29, 1.82) is 0 Å². The van der Waals surface area contributed by atoms with Gasteiger partial charge in [0, 0.05) is 11.6 Å². The molecule has 1 aromatic carbocycles. The molecule has 1 amide bonds. The molecular weight excluding hydrogens is 582 g/mol. The van der Waals surface area contributed by atoms with Gasteiger partial charge in [-0.15, -0.1) is 9.78 Å². The quantitative estimate of drug-likeness (QED) is 0.252. The van der Waals surface area contributed by atoms with Gasteiger partial charge in [0.05, 0.1) is 6.20 Å². The Kier molecular flexibility index (Phi) is 7.24. The SMILES string of the molecule is CC(C)(C)OC(=O)Nc1ncc(Br)nc1-c1cc(-c2c(C(C)(C)C)cc3c(nnn3C(=O)O)c2C(C)(C)C)no1. The number of carboxylic acid groups (broad SMARTS) is 1. The molecule has 40 heavy (non-hydrogen) atoms. The van der Waals surface area contributed by atoms with E-state index < -0.39 is 28.6 Å². The number of fused-ring (bicyclic) bond motifs is 1. The number of carbonyl (C=O) groups is 2. The fraction of sp³-hybridized carbons (Fsp3) is 0.444. The summed E-state index contributed by atoms with van der Waals surface area (Å²) in [5.74, 6) is 0.385. The van der Waals surface area contributed by atoms with Gasteiger partial charge in [0.25, 0.3) is 0 Å². The number of anilines is 1. The molecular formula is C27H32BrN7O5. The van der Waals surface area contributed by atoms with Gasteiger partial charge in [-0.25, -0.2) is 19.6 Å². The van der Waals surface area contributed by atoms with E-state index >= 15 is 0 Å². The molecule has 0 atom stereocenters. The number of rotatable bonds is 3. The maximum atomic E-state index is 12.5. The zero-order valence-corrected chi connectivity index (χ0v) is 25.5. The van der Waals surface area contributed by atoms with Gasteiger partial charge >= 0.3 is 12.2 Å². The van der Waals surface area contributed by atoms with Gasteiger partial charge in [0.15, 0.2) is 17.3 Å². The summed E-state index contributed by atoms with van der Waals surface area (Å²) in [7, 11) is 0. The third kappa shape index (κ3) is 5.83. The highest BCUT2D eigenvalue weighted by Crippen LogP contribution is 2.44. The normalized spacial score (nSPS) is 12.6. The number of nitrogens with one attached hydrogen (secondary N) is 1. The van der Waals surface area contributed by atoms with Gasteiger partial charge in [-0.3, -0.25) is 5.32 Å². The van der Waals surface area contributed by atoms with Gasteiger partial charge in [0.1, 0.15) is 26.9 Å². The molecule has 3 aromatic heterocycles. The molecule has 0 aliphatic carbocycles. The van der Waals surface area contributed by atoms with Crippen molar-refractivity contribution in [3.63, 3.8) is 0 Å². The Morgan fingerprint density at radius 1 is 1.05 bits per heavy atom. The second-order valence-electron chi connectivity index (χ2n) is 12.4. The molecule has 0 saturated heterocycles. The first kappa shape index (κ1) is 29.1. The van der Waals surface area contributed by atoms with Crippen LogP contribution in [0.2, 0.25) is 0 Å². The monoisotopic (exact) mass is 613 g/mol. The van der Waals surface area contributed by atoms with Crippen LogP contribution in [0.3, 0.4) is 0 Å². The molecule has 4 rings (SSSR count). The summed E-state index contributed by atoms with van der Waals surface area (Å²) in [6, 6.07) is 3.50. The summed E-state index contributed by atoms with van der Waals surface area (Å²) in [6.45, 7) is 17.4. The fourth-order valence-electron chi connectivity index (χ4n) is 4.32. The molecule has 4 aromatic rings. The molecule has 0 radical (unpaired) electrons. The third-order valence-electron chi connectivity index (χ3n) is 5.84. The first-order valence-electron chi connectivity index (χ1n) is 12.5. The first-order valence-corrected chi connectivity index (χ1v) is 13.3. The summed E-state index contributed by atoms with van der Waals surface area (Å²) in [5, 5.41) is 24.9. The van der Waals surface area contributed by atoms with Crippen molar-refractivity contribution in [3.05, 3.63) is 34.1 Å². The molecule has 3 heterocycles. The van der Waals surface area contributed by atoms with E-state index in [0.29, 0.717) is 21.3 Å². The Balaban J connectivity index is 1.94. The molecule has 12 nitrogen and oxygen atoms in total. The minimum absolute atomic E-state index is 0.132. The molecule has 0 fully saturated rings. The average Bonchev–Trinajstić information content (AvgIpc) is 3.43. The molecule has 0 bridgehead atoms. The van der Waals surface area contributed by atoms with Gasteiger partial charge in [0.2, 0.25) is 0 Å². The van der Waals surface area contributed by atoms with Crippen LogP contribution in [-0.4, -0.2) is 53.0 Å². The zero-order chi connectivity index (χ0) is 29.8. The minimum atomic E-state index is -1.23. The lowest BCUT2D eigenvalue weighted by molar-refractivity contribution is 0.0635. The number of benzene rings is 1. The Morgan fingerprint density at radius 2 is 1.73 bits per heavy atom. The Hall–Kier alpha value is -3.87. The van der Waals surface area contributed by atoms with Gasteiger partial charge in [-0.05, 0) is 64.7 Å². The fourth-order valence-corrected chi connectivity index (χ4v) is 4.60. The molecule has 13 heteroatoms. The standard InChI is InChI=1S/C27H32BrN7O5/c1-25(2,3)13-10-15-20(32-34-35(15)24(37)38)19(26(4,5)6)18(13)14-11-16(40-33-14)21-22(29-12-17(28)30-21)31-23(36)39-27(7,8)9/h10-12H,1-9H3,(H,37,38)(H,29,31,36). The molecule has 0 aliphatic heterocycles. The van der Waals surface area contributed by atoms with E-state index in [-0.39, 0.29) is 17.3 Å². The summed E-state index contributed by atoms with van der Waals surface area (Å²) >= 11 is 3.33. The van der Waals surface area contributed by atoms with Crippen LogP contribution < -0.4 is 5.32 Å². The van der Waals surface area contributed by atoms with E-state index in [0.717, 1.165) is 21.4 Å². The summed E-state index contributed by atoms with van der Waals surface area (Å²) in [6.07, 6.45) is -0.471. The van der Waals surface area contributed by atoms with Crippen molar-refractivity contribution in [3.8, 4) is 22.7 Å². The van der Waals surface area contributed by atoms with Crippen LogP contribution in [0.25, 0.3) is 33.7 Å². The van der Waals surface area contributed by atoms with Crippen molar-refractivity contribution in [1.82, 2.24) is 30.1 Å². The summed E-state index contributed by atoms with van der Waals surface area (Å²) < 4.78 is 12.4. The second kappa shape index (κ2) is 9.95. The lowest BCUT2D eigenvalue weighted by Gasteiger charge is -2.29. The highest BCUT2D eigenvalue weighted by molar-refractivity contribution is 9.10. The molecule has 212 valence electrons. The number of carbonyl (C=O) groups excluding carboxylic acids is 1. The van der Waals surface area contributed by atoms with Crippen LogP contribution in [0.5, 0.6) is 0 Å². The van der Waals surface area contributed by atoms with E-state index in [4.69, 9.17) is 9.26 Å². The Morgan fingerprint density at radius 3 is 2.30 bits per heavy atom. The molecule has 0 spiro atoms. The number of hydrogen-bond donors (Lipinski definition) is 2. The van der Waals surface area contributed by atoms with Crippen LogP contribution in [-0.2, 0) is 15.6 Å². The molecule has 0 saturated carbocycles. The van der Waals surface area contributed by atoms with Crippen molar-refractivity contribution in [2.24, 2.45) is 0 Å². The number of halogens is 1. The van der Waals surface area contributed by atoms with E-state index in [2.05, 4.69) is 46.7 Å². The van der Waals surface area contributed by atoms with Crippen LogP contribution >= 0.6 is 15.9 Å². The number of nitrogens with zero attached hydrogens (tertiary/aromatic N) is 6. The predicted octanol–water partition coefficient (Wildman–Crippen LogP) is 6.77. The number of hydrogen-bond acceptors (Lipinski definition) is 9. The molecule has 2 N–H and O–H groups in total. The lowest BCUT2D eigenvalue weighted by atomic mass is 9.74. The number of amides is 1. The van der Waals surface area contributed by atoms with E-state index in [1.807, 2.05) is 41.5 Å². The summed E-state index contributed by atoms with van der Waals surface area (Å²) in [4.78, 5) is 33.2. The van der Waals surface area contributed by atoms with Crippen LogP contribution in [0.15, 0.2) is 27.5 Å². The zero-order valence-electron chi connectivity index (χ0n) is 23.9. The predicted molar refractivity (Wildman–Crippen MR) is 152 cm³/mol. The maximum Gasteiger partial charge on any atom is 0.434 e. The van der Waals surface area contributed by atoms with E-state index in [1.165, 1.54) is 6.20 Å². The number of aromatic nitrogens is 6. The third-order valence-corrected chi connectivity index (χ3v) is 6.23. The largest absolute Gasteiger partial charge is 0.463 e.